The van der Waals surface area contributed by atoms with E-state index in [1.165, 1.54) is 5.69 Å². The Morgan fingerprint density at radius 2 is 2.24 bits per heavy atom. The summed E-state index contributed by atoms with van der Waals surface area (Å²) in [5, 5.41) is 7.90. The van der Waals surface area contributed by atoms with E-state index in [2.05, 4.69) is 33.3 Å². The quantitative estimate of drug-likeness (QED) is 0.841. The van der Waals surface area contributed by atoms with Gasteiger partial charge in [0.25, 0.3) is 0 Å². The standard InChI is InChI=1S/C12H22BrN3O/c1-5-6-10(8-17-4)14-7-11-12(13)9(2)15-16(11)3/h10,14H,5-8H2,1-4H3. The van der Waals surface area contributed by atoms with Crippen molar-refractivity contribution in [3.05, 3.63) is 15.9 Å². The van der Waals surface area contributed by atoms with Crippen molar-refractivity contribution in [1.82, 2.24) is 15.1 Å². The topological polar surface area (TPSA) is 39.1 Å². The van der Waals surface area contributed by atoms with Crippen molar-refractivity contribution < 1.29 is 4.74 Å². The maximum atomic E-state index is 5.21. The number of hydrogen-bond acceptors (Lipinski definition) is 3. The van der Waals surface area contributed by atoms with Gasteiger partial charge in [-0.2, -0.15) is 5.10 Å². The van der Waals surface area contributed by atoms with Crippen LogP contribution in [0.25, 0.3) is 0 Å². The summed E-state index contributed by atoms with van der Waals surface area (Å²) >= 11 is 3.57. The van der Waals surface area contributed by atoms with E-state index in [0.717, 1.165) is 36.2 Å². The molecule has 17 heavy (non-hydrogen) atoms. The fourth-order valence-corrected chi connectivity index (χ4v) is 2.38. The molecule has 0 bridgehead atoms. The first-order chi connectivity index (χ1) is 8.10. The second-order valence-corrected chi connectivity index (χ2v) is 5.08. The highest BCUT2D eigenvalue weighted by Gasteiger charge is 2.12. The number of aryl methyl sites for hydroxylation is 2. The zero-order chi connectivity index (χ0) is 12.8. The van der Waals surface area contributed by atoms with Gasteiger partial charge in [-0.3, -0.25) is 4.68 Å². The van der Waals surface area contributed by atoms with Crippen LogP contribution in [0.2, 0.25) is 0 Å². The predicted molar refractivity (Wildman–Crippen MR) is 73.1 cm³/mol. The summed E-state index contributed by atoms with van der Waals surface area (Å²) in [6.07, 6.45) is 2.29. The molecule has 0 aliphatic heterocycles. The Labute approximate surface area is 112 Å². The van der Waals surface area contributed by atoms with Crippen LogP contribution in [0.5, 0.6) is 0 Å². The summed E-state index contributed by atoms with van der Waals surface area (Å²) in [6.45, 7) is 5.76. The first kappa shape index (κ1) is 14.7. The first-order valence-electron chi connectivity index (χ1n) is 6.00. The van der Waals surface area contributed by atoms with E-state index < -0.39 is 0 Å². The number of halogens is 1. The van der Waals surface area contributed by atoms with Gasteiger partial charge in [-0.15, -0.1) is 0 Å². The molecule has 0 saturated carbocycles. The van der Waals surface area contributed by atoms with Crippen LogP contribution < -0.4 is 5.32 Å². The second-order valence-electron chi connectivity index (χ2n) is 4.29. The van der Waals surface area contributed by atoms with E-state index in [-0.39, 0.29) is 0 Å². The molecule has 0 aliphatic rings. The Morgan fingerprint density at radius 1 is 1.53 bits per heavy atom. The molecule has 0 aromatic carbocycles. The summed E-state index contributed by atoms with van der Waals surface area (Å²) in [7, 11) is 3.72. The number of aromatic nitrogens is 2. The van der Waals surface area contributed by atoms with Crippen molar-refractivity contribution in [1.29, 1.82) is 0 Å². The van der Waals surface area contributed by atoms with Gasteiger partial charge in [0.05, 0.1) is 22.5 Å². The lowest BCUT2D eigenvalue weighted by molar-refractivity contribution is 0.161. The summed E-state index contributed by atoms with van der Waals surface area (Å²) in [5.74, 6) is 0. The third kappa shape index (κ3) is 4.08. The largest absolute Gasteiger partial charge is 0.383 e. The number of ether oxygens (including phenoxy) is 1. The first-order valence-corrected chi connectivity index (χ1v) is 6.79. The van der Waals surface area contributed by atoms with Crippen molar-refractivity contribution >= 4 is 15.9 Å². The van der Waals surface area contributed by atoms with Gasteiger partial charge >= 0.3 is 0 Å². The van der Waals surface area contributed by atoms with Gasteiger partial charge in [-0.05, 0) is 29.3 Å². The molecule has 98 valence electrons. The van der Waals surface area contributed by atoms with E-state index in [4.69, 9.17) is 4.74 Å². The molecule has 1 aromatic heterocycles. The third-order valence-electron chi connectivity index (χ3n) is 2.82. The normalized spacial score (nSPS) is 13.0. The highest BCUT2D eigenvalue weighted by Crippen LogP contribution is 2.20. The maximum absolute atomic E-state index is 5.21. The van der Waals surface area contributed by atoms with Crippen LogP contribution in [0.1, 0.15) is 31.2 Å². The molecule has 5 heteroatoms. The number of hydrogen-bond donors (Lipinski definition) is 1. The molecule has 1 aromatic rings. The Balaban J connectivity index is 2.58. The lowest BCUT2D eigenvalue weighted by Crippen LogP contribution is -2.33. The van der Waals surface area contributed by atoms with Gasteiger partial charge < -0.3 is 10.1 Å². The summed E-state index contributed by atoms with van der Waals surface area (Å²) in [4.78, 5) is 0. The molecule has 0 amide bonds. The number of nitrogens with zero attached hydrogens (tertiary/aromatic N) is 2. The second kappa shape index (κ2) is 7.13. The highest BCUT2D eigenvalue weighted by molar-refractivity contribution is 9.10. The molecule has 0 spiro atoms. The van der Waals surface area contributed by atoms with Gasteiger partial charge in [0.2, 0.25) is 0 Å². The van der Waals surface area contributed by atoms with Crippen LogP contribution in [0, 0.1) is 6.92 Å². The molecule has 1 heterocycles. The highest BCUT2D eigenvalue weighted by atomic mass is 79.9. The minimum absolute atomic E-state index is 0.409. The van der Waals surface area contributed by atoms with E-state index in [0.29, 0.717) is 6.04 Å². The van der Waals surface area contributed by atoms with Crippen LogP contribution in [0.3, 0.4) is 0 Å². The number of methoxy groups -OCH3 is 1. The Bertz CT molecular complexity index is 346. The molecule has 4 nitrogen and oxygen atoms in total. The minimum atomic E-state index is 0.409. The van der Waals surface area contributed by atoms with E-state index >= 15 is 0 Å². The molecular weight excluding hydrogens is 282 g/mol. The summed E-state index contributed by atoms with van der Waals surface area (Å²) < 4.78 is 8.23. The molecule has 1 atom stereocenters. The van der Waals surface area contributed by atoms with Crippen LogP contribution in [-0.4, -0.2) is 29.5 Å². The van der Waals surface area contributed by atoms with Crippen molar-refractivity contribution in [2.24, 2.45) is 7.05 Å². The average Bonchev–Trinajstić information content (AvgIpc) is 2.51. The number of nitrogens with one attached hydrogen (secondary N) is 1. The third-order valence-corrected chi connectivity index (χ3v) is 3.86. The summed E-state index contributed by atoms with van der Waals surface area (Å²) in [6, 6.07) is 0.409. The van der Waals surface area contributed by atoms with Crippen molar-refractivity contribution in [2.75, 3.05) is 13.7 Å². The van der Waals surface area contributed by atoms with Crippen LogP contribution >= 0.6 is 15.9 Å². The smallest absolute Gasteiger partial charge is 0.0739 e. The average molecular weight is 304 g/mol. The fourth-order valence-electron chi connectivity index (χ4n) is 1.91. The Kier molecular flexibility index (Phi) is 6.16. The van der Waals surface area contributed by atoms with Gasteiger partial charge in [-0.25, -0.2) is 0 Å². The SMILES string of the molecule is CCCC(COC)NCc1c(Br)c(C)nn1C. The van der Waals surface area contributed by atoms with Crippen LogP contribution in [-0.2, 0) is 18.3 Å². The molecule has 0 fully saturated rings. The molecule has 1 unspecified atom stereocenters. The maximum Gasteiger partial charge on any atom is 0.0739 e. The van der Waals surface area contributed by atoms with E-state index in [1.54, 1.807) is 7.11 Å². The molecule has 0 radical (unpaired) electrons. The predicted octanol–water partition coefficient (Wildman–Crippen LogP) is 2.40. The van der Waals surface area contributed by atoms with Gasteiger partial charge in [0, 0.05) is 26.7 Å². The van der Waals surface area contributed by atoms with Crippen molar-refractivity contribution in [3.8, 4) is 0 Å². The van der Waals surface area contributed by atoms with Crippen molar-refractivity contribution in [2.45, 2.75) is 39.3 Å². The Hall–Kier alpha value is -0.390. The monoisotopic (exact) mass is 303 g/mol. The lowest BCUT2D eigenvalue weighted by atomic mass is 10.2. The van der Waals surface area contributed by atoms with Crippen LogP contribution in [0.4, 0.5) is 0 Å². The minimum Gasteiger partial charge on any atom is -0.383 e. The van der Waals surface area contributed by atoms with Gasteiger partial charge in [0.15, 0.2) is 0 Å². The Morgan fingerprint density at radius 3 is 2.71 bits per heavy atom. The molecule has 0 aliphatic carbocycles. The molecule has 1 N–H and O–H groups in total. The lowest BCUT2D eigenvalue weighted by Gasteiger charge is -2.17. The zero-order valence-electron chi connectivity index (χ0n) is 11.1. The van der Waals surface area contributed by atoms with Crippen LogP contribution in [0.15, 0.2) is 4.47 Å². The molecule has 1 rings (SSSR count). The number of rotatable bonds is 7. The fraction of sp³-hybridized carbons (Fsp3) is 0.750. The molecule has 0 saturated heterocycles. The molecular formula is C12H22BrN3O. The van der Waals surface area contributed by atoms with Gasteiger partial charge in [0.1, 0.15) is 0 Å². The zero-order valence-corrected chi connectivity index (χ0v) is 12.7. The summed E-state index contributed by atoms with van der Waals surface area (Å²) in [5.41, 5.74) is 2.21. The van der Waals surface area contributed by atoms with E-state index in [9.17, 15) is 0 Å². The van der Waals surface area contributed by atoms with Crippen molar-refractivity contribution in [3.63, 3.8) is 0 Å². The van der Waals surface area contributed by atoms with E-state index in [1.807, 2.05) is 18.7 Å². The van der Waals surface area contributed by atoms with Gasteiger partial charge in [-0.1, -0.05) is 13.3 Å².